The molecule has 0 rings (SSSR count). The lowest BCUT2D eigenvalue weighted by molar-refractivity contribution is 1.37. The molecule has 0 bridgehead atoms. The fourth-order valence-electron chi connectivity index (χ4n) is 0.0882. The van der Waals surface area contributed by atoms with E-state index in [4.69, 9.17) is 16.3 Å². The van der Waals surface area contributed by atoms with E-state index in [-0.39, 0.29) is 5.70 Å². The minimum atomic E-state index is -0.178. The van der Waals surface area contributed by atoms with Crippen LogP contribution in [0.4, 0.5) is 0 Å². The van der Waals surface area contributed by atoms with Gasteiger partial charge in [0, 0.05) is 0 Å². The van der Waals surface area contributed by atoms with E-state index in [2.05, 4.69) is 0 Å². The number of nitriles is 2. The van der Waals surface area contributed by atoms with Crippen molar-refractivity contribution in [3.8, 4) is 12.1 Å². The summed E-state index contributed by atoms with van der Waals surface area (Å²) >= 11 is 0. The summed E-state index contributed by atoms with van der Waals surface area (Å²) in [7, 11) is 0. The zero-order chi connectivity index (χ0) is 5.70. The third-order valence-corrected chi connectivity index (χ3v) is 0.311. The number of nitrogens with two attached hydrogens (primary N) is 1. The minimum Gasteiger partial charge on any atom is -0.389 e. The molecular weight excluding hydrogens is 90.1 g/mol. The van der Waals surface area contributed by atoms with E-state index in [0.717, 1.165) is 0 Å². The first kappa shape index (κ1) is 5.52. The van der Waals surface area contributed by atoms with Crippen molar-refractivity contribution in [2.75, 3.05) is 0 Å². The molecule has 0 fully saturated rings. The molecule has 0 aliphatic carbocycles. The topological polar surface area (TPSA) is 73.6 Å². The van der Waals surface area contributed by atoms with Gasteiger partial charge in [0.15, 0.2) is 0 Å². The highest BCUT2D eigenvalue weighted by Crippen LogP contribution is 1.71. The summed E-state index contributed by atoms with van der Waals surface area (Å²) in [5.41, 5.74) is 4.63. The Morgan fingerprint density at radius 3 is 2.14 bits per heavy atom. The first-order valence-electron chi connectivity index (χ1n) is 1.49. The van der Waals surface area contributed by atoms with Crippen molar-refractivity contribution in [1.82, 2.24) is 0 Å². The van der Waals surface area contributed by atoms with Gasteiger partial charge in [-0.05, 0) is 0 Å². The van der Waals surface area contributed by atoms with Crippen LogP contribution in [-0.2, 0) is 0 Å². The highest BCUT2D eigenvalue weighted by molar-refractivity contribution is 5.17. The maximum Gasteiger partial charge on any atom is 0.130 e. The molecule has 0 aromatic heterocycles. The van der Waals surface area contributed by atoms with Crippen molar-refractivity contribution in [3.05, 3.63) is 11.8 Å². The third kappa shape index (κ3) is 2.32. The van der Waals surface area contributed by atoms with E-state index in [9.17, 15) is 0 Å². The number of nitrogens with zero attached hydrogens (tertiary/aromatic N) is 2. The molecule has 0 aromatic rings. The lowest BCUT2D eigenvalue weighted by Gasteiger charge is -1.69. The zero-order valence-corrected chi connectivity index (χ0v) is 3.47. The maximum atomic E-state index is 7.84. The minimum absolute atomic E-state index is 0.178. The van der Waals surface area contributed by atoms with Gasteiger partial charge < -0.3 is 5.73 Å². The molecule has 3 heteroatoms. The summed E-state index contributed by atoms with van der Waals surface area (Å²) < 4.78 is 0. The van der Waals surface area contributed by atoms with Crippen LogP contribution in [0, 0.1) is 28.7 Å². The van der Waals surface area contributed by atoms with Gasteiger partial charge in [-0.25, -0.2) is 0 Å². The second kappa shape index (κ2) is 2.74. The molecule has 0 heterocycles. The Balaban J connectivity index is 3.89. The van der Waals surface area contributed by atoms with E-state index in [1.807, 2.05) is 6.08 Å². The van der Waals surface area contributed by atoms with Crippen molar-refractivity contribution in [2.45, 2.75) is 0 Å². The predicted octanol–water partition coefficient (Wildman–Crippen LogP) is -0.321. The summed E-state index contributed by atoms with van der Waals surface area (Å²) in [4.78, 5) is 0. The van der Waals surface area contributed by atoms with Crippen LogP contribution in [0.2, 0.25) is 0 Å². The van der Waals surface area contributed by atoms with Gasteiger partial charge in [-0.15, -0.1) is 0 Å². The number of hydrogen-bond acceptors (Lipinski definition) is 3. The Bertz CT molecular complexity index is 155. The monoisotopic (exact) mass is 92.0 g/mol. The van der Waals surface area contributed by atoms with Crippen LogP contribution in [0.25, 0.3) is 0 Å². The lowest BCUT2D eigenvalue weighted by Crippen LogP contribution is -1.90. The first-order chi connectivity index (χ1) is 3.31. The first-order valence-corrected chi connectivity index (χ1v) is 1.49. The Morgan fingerprint density at radius 1 is 1.43 bits per heavy atom. The molecule has 2 N–H and O–H groups in total. The molecule has 0 atom stereocenters. The molecule has 0 aliphatic heterocycles. The van der Waals surface area contributed by atoms with Crippen molar-refractivity contribution in [2.24, 2.45) is 5.73 Å². The van der Waals surface area contributed by atoms with Crippen LogP contribution in [0.1, 0.15) is 0 Å². The fourth-order valence-corrected chi connectivity index (χ4v) is 0.0882. The van der Waals surface area contributed by atoms with Crippen LogP contribution in [0.3, 0.4) is 0 Å². The van der Waals surface area contributed by atoms with E-state index in [1.165, 1.54) is 12.1 Å². The predicted molar refractivity (Wildman–Crippen MR) is 22.2 cm³/mol. The Labute approximate surface area is 41.3 Å². The molecule has 0 saturated heterocycles. The largest absolute Gasteiger partial charge is 0.389 e. The van der Waals surface area contributed by atoms with E-state index < -0.39 is 0 Å². The molecule has 1 radical (unpaired) electrons. The Morgan fingerprint density at radius 2 is 2.00 bits per heavy atom. The fraction of sp³-hybridized carbons (Fsp3) is 0. The van der Waals surface area contributed by atoms with E-state index >= 15 is 0 Å². The smallest absolute Gasteiger partial charge is 0.130 e. The Hall–Kier alpha value is -1.48. The third-order valence-electron chi connectivity index (χ3n) is 0.311. The highest BCUT2D eigenvalue weighted by Gasteiger charge is 1.77. The van der Waals surface area contributed by atoms with E-state index in [1.54, 1.807) is 0 Å². The molecule has 7 heavy (non-hydrogen) atoms. The van der Waals surface area contributed by atoms with Gasteiger partial charge in [-0.3, -0.25) is 0 Å². The zero-order valence-electron chi connectivity index (χ0n) is 3.47. The summed E-state index contributed by atoms with van der Waals surface area (Å²) in [5, 5.41) is 15.6. The van der Waals surface area contributed by atoms with Crippen LogP contribution < -0.4 is 5.73 Å². The maximum absolute atomic E-state index is 7.84. The molecule has 0 unspecified atom stereocenters. The van der Waals surface area contributed by atoms with Crippen molar-refractivity contribution < 1.29 is 0 Å². The van der Waals surface area contributed by atoms with Crippen LogP contribution in [-0.4, -0.2) is 0 Å². The van der Waals surface area contributed by atoms with Gasteiger partial charge in [0.25, 0.3) is 0 Å². The quantitative estimate of drug-likeness (QED) is 0.416. The normalized spacial score (nSPS) is 9.14. The SMILES string of the molecule is N#C/[C]=C(\N)C#N. The van der Waals surface area contributed by atoms with Gasteiger partial charge in [-0.2, -0.15) is 10.5 Å². The number of rotatable bonds is 0. The van der Waals surface area contributed by atoms with Gasteiger partial charge in [-0.1, -0.05) is 0 Å². The summed E-state index contributed by atoms with van der Waals surface area (Å²) in [6, 6.07) is 3.01. The van der Waals surface area contributed by atoms with E-state index in [0.29, 0.717) is 0 Å². The second-order valence-corrected chi connectivity index (χ2v) is 0.762. The lowest BCUT2D eigenvalue weighted by atomic mass is 10.5. The van der Waals surface area contributed by atoms with Gasteiger partial charge in [0.05, 0.1) is 0 Å². The Kier molecular flexibility index (Phi) is 2.16. The molecule has 33 valence electrons. The number of hydrogen-bond donors (Lipinski definition) is 1. The molecule has 0 aromatic carbocycles. The molecule has 0 amide bonds. The average molecular weight is 92.1 g/mol. The molecule has 0 spiro atoms. The van der Waals surface area contributed by atoms with Crippen LogP contribution in [0.15, 0.2) is 5.70 Å². The van der Waals surface area contributed by atoms with Crippen molar-refractivity contribution in [1.29, 1.82) is 10.5 Å². The molecule has 3 nitrogen and oxygen atoms in total. The highest BCUT2D eigenvalue weighted by atomic mass is 14.6. The molecular formula is C4H2N3. The van der Waals surface area contributed by atoms with Gasteiger partial charge in [0.1, 0.15) is 23.9 Å². The number of allylic oxidation sites excluding steroid dienone is 2. The molecule has 0 saturated carbocycles. The molecule has 0 aliphatic rings. The standard InChI is InChI=1S/C4H2N3/c5-2-1-4(7)3-6/h7H2. The van der Waals surface area contributed by atoms with Gasteiger partial charge in [0.2, 0.25) is 0 Å². The van der Waals surface area contributed by atoms with Crippen LogP contribution in [0.5, 0.6) is 0 Å². The van der Waals surface area contributed by atoms with Gasteiger partial charge >= 0.3 is 0 Å². The van der Waals surface area contributed by atoms with Crippen molar-refractivity contribution >= 4 is 0 Å². The van der Waals surface area contributed by atoms with Crippen molar-refractivity contribution in [3.63, 3.8) is 0 Å². The average Bonchev–Trinajstić information content (AvgIpc) is 1.68. The second-order valence-electron chi connectivity index (χ2n) is 0.762. The van der Waals surface area contributed by atoms with Crippen LogP contribution >= 0.6 is 0 Å². The summed E-state index contributed by atoms with van der Waals surface area (Å²) in [6.45, 7) is 0. The summed E-state index contributed by atoms with van der Waals surface area (Å²) in [6.07, 6.45) is 1.93. The summed E-state index contributed by atoms with van der Waals surface area (Å²) in [5.74, 6) is 0.